The van der Waals surface area contributed by atoms with Crippen LogP contribution in [0.15, 0.2) is 29.4 Å². The zero-order chi connectivity index (χ0) is 17.4. The molecular formula is C17H22N4O2S2. The van der Waals surface area contributed by atoms with E-state index >= 15 is 0 Å². The lowest BCUT2D eigenvalue weighted by Gasteiger charge is -2.36. The van der Waals surface area contributed by atoms with Gasteiger partial charge in [0, 0.05) is 25.4 Å². The number of hydrogen-bond acceptors (Lipinski definition) is 7. The van der Waals surface area contributed by atoms with Crippen molar-refractivity contribution < 1.29 is 9.84 Å². The van der Waals surface area contributed by atoms with Crippen molar-refractivity contribution in [2.75, 3.05) is 25.4 Å². The van der Waals surface area contributed by atoms with Gasteiger partial charge in [0.05, 0.1) is 28.5 Å². The molecule has 1 N–H and O–H groups in total. The van der Waals surface area contributed by atoms with Crippen LogP contribution in [0.2, 0.25) is 0 Å². The summed E-state index contributed by atoms with van der Waals surface area (Å²) in [7, 11) is 0. The van der Waals surface area contributed by atoms with Gasteiger partial charge in [0.2, 0.25) is 4.96 Å². The third-order valence-electron chi connectivity index (χ3n) is 4.28. The number of aliphatic hydroxyl groups is 1. The zero-order valence-electron chi connectivity index (χ0n) is 14.3. The number of morpholine rings is 1. The molecule has 1 aliphatic rings. The molecule has 1 aliphatic heterocycles. The summed E-state index contributed by atoms with van der Waals surface area (Å²) in [5, 5.41) is 19.9. The van der Waals surface area contributed by atoms with E-state index in [4.69, 9.17) is 4.74 Å². The van der Waals surface area contributed by atoms with Gasteiger partial charge in [0.25, 0.3) is 0 Å². The SMILES string of the molecule is C[C@@H]1CN(C[C@H](O)CSc2nnc3sc4ccccc4n23)C[C@H](C)O1. The predicted octanol–water partition coefficient (Wildman–Crippen LogP) is 2.51. The molecule has 3 atom stereocenters. The molecule has 0 spiro atoms. The number of aliphatic hydroxyl groups excluding tert-OH is 1. The Hall–Kier alpha value is -1.19. The molecule has 8 heteroatoms. The number of hydrogen-bond donors (Lipinski definition) is 1. The predicted molar refractivity (Wildman–Crippen MR) is 102 cm³/mol. The summed E-state index contributed by atoms with van der Waals surface area (Å²) < 4.78 is 9.03. The van der Waals surface area contributed by atoms with Gasteiger partial charge in [-0.2, -0.15) is 0 Å². The highest BCUT2D eigenvalue weighted by atomic mass is 32.2. The topological polar surface area (TPSA) is 62.9 Å². The molecule has 1 aromatic carbocycles. The van der Waals surface area contributed by atoms with E-state index in [0.29, 0.717) is 12.3 Å². The number of β-amino-alcohol motifs (C(OH)–C–C–N with tert-alkyl or cyclic N) is 1. The molecule has 0 bridgehead atoms. The van der Waals surface area contributed by atoms with Gasteiger partial charge in [-0.05, 0) is 26.0 Å². The van der Waals surface area contributed by atoms with Crippen LogP contribution >= 0.6 is 23.1 Å². The van der Waals surface area contributed by atoms with Crippen LogP contribution in [0.3, 0.4) is 0 Å². The smallest absolute Gasteiger partial charge is 0.217 e. The van der Waals surface area contributed by atoms with Gasteiger partial charge in [0.15, 0.2) is 5.16 Å². The third-order valence-corrected chi connectivity index (χ3v) is 6.37. The zero-order valence-corrected chi connectivity index (χ0v) is 16.0. The van der Waals surface area contributed by atoms with Crippen molar-refractivity contribution in [3.05, 3.63) is 24.3 Å². The van der Waals surface area contributed by atoms with Crippen molar-refractivity contribution in [1.82, 2.24) is 19.5 Å². The molecule has 0 aliphatic carbocycles. The summed E-state index contributed by atoms with van der Waals surface area (Å²) in [5.74, 6) is 0.602. The van der Waals surface area contributed by atoms with Gasteiger partial charge >= 0.3 is 0 Å². The average Bonchev–Trinajstić information content (AvgIpc) is 3.11. The van der Waals surface area contributed by atoms with Crippen molar-refractivity contribution in [2.45, 2.75) is 37.3 Å². The second-order valence-electron chi connectivity index (χ2n) is 6.61. The van der Waals surface area contributed by atoms with E-state index in [9.17, 15) is 5.11 Å². The largest absolute Gasteiger partial charge is 0.391 e. The molecule has 1 fully saturated rings. The van der Waals surface area contributed by atoms with Crippen molar-refractivity contribution >= 4 is 38.3 Å². The van der Waals surface area contributed by atoms with Gasteiger partial charge in [0.1, 0.15) is 0 Å². The van der Waals surface area contributed by atoms with Gasteiger partial charge in [-0.3, -0.25) is 9.30 Å². The number of fused-ring (bicyclic) bond motifs is 3. The maximum atomic E-state index is 10.5. The molecule has 3 aromatic rings. The Morgan fingerprint density at radius 3 is 2.84 bits per heavy atom. The van der Waals surface area contributed by atoms with Crippen molar-refractivity contribution in [2.24, 2.45) is 0 Å². The molecule has 6 nitrogen and oxygen atoms in total. The minimum absolute atomic E-state index is 0.219. The van der Waals surface area contributed by atoms with E-state index in [1.165, 1.54) is 4.70 Å². The molecule has 25 heavy (non-hydrogen) atoms. The van der Waals surface area contributed by atoms with Gasteiger partial charge < -0.3 is 9.84 Å². The maximum absolute atomic E-state index is 10.5. The highest BCUT2D eigenvalue weighted by Gasteiger charge is 2.24. The lowest BCUT2D eigenvalue weighted by molar-refractivity contribution is -0.0750. The summed E-state index contributed by atoms with van der Waals surface area (Å²) in [5.41, 5.74) is 1.13. The van der Waals surface area contributed by atoms with Crippen LogP contribution in [0.4, 0.5) is 0 Å². The molecule has 0 saturated carbocycles. The molecule has 2 aromatic heterocycles. The number of thioether (sulfide) groups is 1. The molecule has 0 radical (unpaired) electrons. The van der Waals surface area contributed by atoms with Crippen LogP contribution in [-0.2, 0) is 4.74 Å². The molecule has 0 unspecified atom stereocenters. The number of aromatic nitrogens is 3. The fourth-order valence-electron chi connectivity index (χ4n) is 3.40. The Labute approximate surface area is 154 Å². The normalized spacial score (nSPS) is 23.5. The number of ether oxygens (including phenoxy) is 1. The summed E-state index contributed by atoms with van der Waals surface area (Å²) >= 11 is 3.20. The van der Waals surface area contributed by atoms with Gasteiger partial charge in [-0.15, -0.1) is 10.2 Å². The molecular weight excluding hydrogens is 356 g/mol. The van der Waals surface area contributed by atoms with E-state index in [-0.39, 0.29) is 12.2 Å². The molecule has 3 heterocycles. The number of benzene rings is 1. The fraction of sp³-hybridized carbons (Fsp3) is 0.529. The van der Waals surface area contributed by atoms with E-state index in [0.717, 1.165) is 28.7 Å². The Balaban J connectivity index is 1.42. The van der Waals surface area contributed by atoms with Crippen LogP contribution in [-0.4, -0.2) is 68.3 Å². The quantitative estimate of drug-likeness (QED) is 0.689. The minimum atomic E-state index is -0.403. The second kappa shape index (κ2) is 7.20. The lowest BCUT2D eigenvalue weighted by atomic mass is 10.2. The second-order valence-corrected chi connectivity index (χ2v) is 8.61. The average molecular weight is 379 g/mol. The molecule has 0 amide bonds. The fourth-order valence-corrected chi connectivity index (χ4v) is 5.29. The number of thiazole rings is 1. The van der Waals surface area contributed by atoms with Crippen molar-refractivity contribution in [3.8, 4) is 0 Å². The first kappa shape index (κ1) is 17.2. The third kappa shape index (κ3) is 3.68. The first-order valence-electron chi connectivity index (χ1n) is 8.51. The van der Waals surface area contributed by atoms with Gasteiger partial charge in [-0.1, -0.05) is 35.2 Å². The summed E-state index contributed by atoms with van der Waals surface area (Å²) in [6, 6.07) is 8.24. The van der Waals surface area contributed by atoms with E-state index in [1.807, 2.05) is 12.1 Å². The highest BCUT2D eigenvalue weighted by Crippen LogP contribution is 2.29. The van der Waals surface area contributed by atoms with Crippen LogP contribution in [0.5, 0.6) is 0 Å². The van der Waals surface area contributed by atoms with E-state index in [2.05, 4.69) is 45.5 Å². The first-order chi connectivity index (χ1) is 12.1. The van der Waals surface area contributed by atoms with Crippen molar-refractivity contribution in [1.29, 1.82) is 0 Å². The van der Waals surface area contributed by atoms with Crippen molar-refractivity contribution in [3.63, 3.8) is 0 Å². The standard InChI is InChI=1S/C17H22N4O2S2/c1-11-7-20(8-12(2)23-11)9-13(22)10-24-16-18-19-17-21(16)14-5-3-4-6-15(14)25-17/h3-6,11-13,22H,7-10H2,1-2H3/t11-,12+,13-/m0/s1. The Kier molecular flexibility index (Phi) is 4.97. The summed E-state index contributed by atoms with van der Waals surface area (Å²) in [4.78, 5) is 3.18. The minimum Gasteiger partial charge on any atom is -0.391 e. The van der Waals surface area contributed by atoms with E-state index in [1.54, 1.807) is 23.1 Å². The Bertz CT molecular complexity index is 855. The lowest BCUT2D eigenvalue weighted by Crippen LogP contribution is -2.48. The summed E-state index contributed by atoms with van der Waals surface area (Å²) in [6.45, 7) is 6.57. The maximum Gasteiger partial charge on any atom is 0.217 e. The highest BCUT2D eigenvalue weighted by molar-refractivity contribution is 7.99. The number of para-hydroxylation sites is 1. The summed E-state index contributed by atoms with van der Waals surface area (Å²) in [6.07, 6.45) is 0.0357. The first-order valence-corrected chi connectivity index (χ1v) is 10.3. The molecule has 1 saturated heterocycles. The molecule has 134 valence electrons. The van der Waals surface area contributed by atoms with Crippen LogP contribution in [0.1, 0.15) is 13.8 Å². The Morgan fingerprint density at radius 1 is 1.28 bits per heavy atom. The van der Waals surface area contributed by atoms with Crippen LogP contribution < -0.4 is 0 Å². The molecule has 4 rings (SSSR count). The van der Waals surface area contributed by atoms with Gasteiger partial charge in [-0.25, -0.2) is 0 Å². The van der Waals surface area contributed by atoms with Crippen LogP contribution in [0.25, 0.3) is 15.2 Å². The van der Waals surface area contributed by atoms with Crippen LogP contribution in [0, 0.1) is 0 Å². The monoisotopic (exact) mass is 378 g/mol. The Morgan fingerprint density at radius 2 is 2.04 bits per heavy atom. The van der Waals surface area contributed by atoms with E-state index < -0.39 is 6.10 Å². The number of nitrogens with zero attached hydrogens (tertiary/aromatic N) is 4. The number of rotatable bonds is 5.